The number of carboxylic acids is 1. The molecule has 21 heavy (non-hydrogen) atoms. The highest BCUT2D eigenvalue weighted by molar-refractivity contribution is 5.83. The molecule has 1 aliphatic heterocycles. The number of ether oxygens (including phenoxy) is 1. The fourth-order valence-corrected chi connectivity index (χ4v) is 2.44. The molecule has 0 spiro atoms. The van der Waals surface area contributed by atoms with Crippen LogP contribution in [-0.2, 0) is 16.6 Å². The number of urea groups is 1. The number of aliphatic carboxylic acids is 1. The molecule has 0 bridgehead atoms. The van der Waals surface area contributed by atoms with Gasteiger partial charge in [-0.05, 0) is 13.8 Å². The molecule has 3 unspecified atom stereocenters. The summed E-state index contributed by atoms with van der Waals surface area (Å²) in [6.07, 6.45) is 2.87. The van der Waals surface area contributed by atoms with Crippen LogP contribution in [0.3, 0.4) is 0 Å². The SMILES string of the molecule is CC1CN(C(=O)NC(C(=O)O)c2cnn(C)c2)CC(C)O1. The van der Waals surface area contributed by atoms with Crippen LogP contribution in [0, 0.1) is 0 Å². The normalized spacial score (nSPS) is 23.7. The number of hydrogen-bond acceptors (Lipinski definition) is 4. The van der Waals surface area contributed by atoms with Gasteiger partial charge in [0.1, 0.15) is 0 Å². The van der Waals surface area contributed by atoms with E-state index < -0.39 is 18.0 Å². The zero-order valence-electron chi connectivity index (χ0n) is 12.3. The van der Waals surface area contributed by atoms with Crippen molar-refractivity contribution >= 4 is 12.0 Å². The number of hydrogen-bond donors (Lipinski definition) is 2. The number of carboxylic acid groups (broad SMARTS) is 1. The van der Waals surface area contributed by atoms with E-state index in [-0.39, 0.29) is 12.2 Å². The number of aromatic nitrogens is 2. The van der Waals surface area contributed by atoms with Gasteiger partial charge in [-0.25, -0.2) is 9.59 Å². The van der Waals surface area contributed by atoms with Gasteiger partial charge in [0, 0.05) is 31.9 Å². The lowest BCUT2D eigenvalue weighted by Gasteiger charge is -2.35. The minimum atomic E-state index is -1.12. The standard InChI is InChI=1S/C13H20N4O4/c1-8-5-17(6-9(2)21-8)13(20)15-11(12(18)19)10-4-14-16(3)7-10/h4,7-9,11H,5-6H2,1-3H3,(H,15,20)(H,18,19). The molecule has 2 amide bonds. The van der Waals surface area contributed by atoms with E-state index in [2.05, 4.69) is 10.4 Å². The van der Waals surface area contributed by atoms with Gasteiger partial charge in [0.25, 0.3) is 0 Å². The Morgan fingerprint density at radius 3 is 2.52 bits per heavy atom. The van der Waals surface area contributed by atoms with E-state index in [1.807, 2.05) is 13.8 Å². The fraction of sp³-hybridized carbons (Fsp3) is 0.615. The summed E-state index contributed by atoms with van der Waals surface area (Å²) in [5.41, 5.74) is 0.438. The molecule has 0 saturated carbocycles. The van der Waals surface area contributed by atoms with Crippen molar-refractivity contribution in [3.8, 4) is 0 Å². The van der Waals surface area contributed by atoms with E-state index in [4.69, 9.17) is 4.74 Å². The van der Waals surface area contributed by atoms with Gasteiger partial charge in [0.05, 0.1) is 18.4 Å². The summed E-state index contributed by atoms with van der Waals surface area (Å²) in [6, 6.07) is -1.52. The Morgan fingerprint density at radius 2 is 2.05 bits per heavy atom. The first-order valence-corrected chi connectivity index (χ1v) is 6.79. The molecule has 1 fully saturated rings. The quantitative estimate of drug-likeness (QED) is 0.839. The number of aryl methyl sites for hydroxylation is 1. The lowest BCUT2D eigenvalue weighted by Crippen LogP contribution is -2.52. The largest absolute Gasteiger partial charge is 0.479 e. The zero-order valence-corrected chi connectivity index (χ0v) is 12.3. The minimum absolute atomic E-state index is 0.0684. The van der Waals surface area contributed by atoms with Gasteiger partial charge in [-0.2, -0.15) is 5.10 Å². The molecule has 0 radical (unpaired) electrons. The summed E-state index contributed by atoms with van der Waals surface area (Å²) in [5.74, 6) is -1.12. The molecule has 0 aromatic carbocycles. The summed E-state index contributed by atoms with van der Waals surface area (Å²) in [4.78, 5) is 25.2. The van der Waals surface area contributed by atoms with E-state index in [0.717, 1.165) is 0 Å². The highest BCUT2D eigenvalue weighted by Gasteiger charge is 2.30. The topological polar surface area (TPSA) is 96.7 Å². The van der Waals surface area contributed by atoms with Crippen molar-refractivity contribution in [3.05, 3.63) is 18.0 Å². The van der Waals surface area contributed by atoms with E-state index in [1.54, 1.807) is 18.1 Å². The van der Waals surface area contributed by atoms with Crippen LogP contribution in [0.1, 0.15) is 25.5 Å². The maximum Gasteiger partial charge on any atom is 0.331 e. The lowest BCUT2D eigenvalue weighted by molar-refractivity contribution is -0.139. The monoisotopic (exact) mass is 296 g/mol. The van der Waals surface area contributed by atoms with Crippen LogP contribution in [0.2, 0.25) is 0 Å². The van der Waals surface area contributed by atoms with Gasteiger partial charge < -0.3 is 20.1 Å². The van der Waals surface area contributed by atoms with Crippen LogP contribution < -0.4 is 5.32 Å². The van der Waals surface area contributed by atoms with Gasteiger partial charge in [-0.1, -0.05) is 0 Å². The summed E-state index contributed by atoms with van der Waals surface area (Å²) < 4.78 is 7.05. The number of morpholine rings is 1. The van der Waals surface area contributed by atoms with E-state index in [9.17, 15) is 14.7 Å². The fourth-order valence-electron chi connectivity index (χ4n) is 2.44. The van der Waals surface area contributed by atoms with Gasteiger partial charge >= 0.3 is 12.0 Å². The second-order valence-electron chi connectivity index (χ2n) is 5.33. The van der Waals surface area contributed by atoms with Crippen molar-refractivity contribution in [2.45, 2.75) is 32.1 Å². The maximum atomic E-state index is 12.3. The van der Waals surface area contributed by atoms with E-state index >= 15 is 0 Å². The number of nitrogens with zero attached hydrogens (tertiary/aromatic N) is 3. The van der Waals surface area contributed by atoms with Crippen molar-refractivity contribution < 1.29 is 19.4 Å². The third kappa shape index (κ3) is 3.72. The summed E-state index contributed by atoms with van der Waals surface area (Å²) in [5, 5.41) is 15.8. The van der Waals surface area contributed by atoms with Gasteiger partial charge in [0.2, 0.25) is 0 Å². The highest BCUT2D eigenvalue weighted by Crippen LogP contribution is 2.15. The Morgan fingerprint density at radius 1 is 1.43 bits per heavy atom. The smallest absolute Gasteiger partial charge is 0.331 e. The number of amides is 2. The third-order valence-electron chi connectivity index (χ3n) is 3.28. The van der Waals surface area contributed by atoms with Crippen LogP contribution in [0.5, 0.6) is 0 Å². The minimum Gasteiger partial charge on any atom is -0.479 e. The molecule has 8 nitrogen and oxygen atoms in total. The van der Waals surface area contributed by atoms with Gasteiger partial charge in [-0.3, -0.25) is 4.68 Å². The number of rotatable bonds is 3. The first-order valence-electron chi connectivity index (χ1n) is 6.79. The predicted octanol–water partition coefficient (Wildman–Crippen LogP) is 0.365. The Kier molecular flexibility index (Phi) is 4.46. The van der Waals surface area contributed by atoms with Crippen LogP contribution >= 0.6 is 0 Å². The van der Waals surface area contributed by atoms with Crippen molar-refractivity contribution in [2.24, 2.45) is 7.05 Å². The number of carbonyl (C=O) groups is 2. The third-order valence-corrected chi connectivity index (χ3v) is 3.28. The number of nitrogens with one attached hydrogen (secondary N) is 1. The summed E-state index contributed by atoms with van der Waals surface area (Å²) in [7, 11) is 1.69. The molecule has 8 heteroatoms. The van der Waals surface area contributed by atoms with E-state index in [1.165, 1.54) is 10.9 Å². The van der Waals surface area contributed by atoms with Crippen molar-refractivity contribution in [2.75, 3.05) is 13.1 Å². The molecule has 0 aliphatic carbocycles. The number of carbonyl (C=O) groups excluding carboxylic acids is 1. The molecule has 2 heterocycles. The van der Waals surface area contributed by atoms with E-state index in [0.29, 0.717) is 18.7 Å². The lowest BCUT2D eigenvalue weighted by atomic mass is 10.1. The molecule has 1 aromatic heterocycles. The molecular weight excluding hydrogens is 276 g/mol. The first-order chi connectivity index (χ1) is 9.86. The molecule has 2 N–H and O–H groups in total. The average molecular weight is 296 g/mol. The van der Waals surface area contributed by atoms with Crippen LogP contribution in [0.4, 0.5) is 4.79 Å². The van der Waals surface area contributed by atoms with Crippen molar-refractivity contribution in [1.29, 1.82) is 0 Å². The summed E-state index contributed by atoms with van der Waals surface area (Å²) >= 11 is 0. The maximum absolute atomic E-state index is 12.3. The van der Waals surface area contributed by atoms with Gasteiger partial charge in [0.15, 0.2) is 6.04 Å². The average Bonchev–Trinajstić information content (AvgIpc) is 2.80. The van der Waals surface area contributed by atoms with Crippen molar-refractivity contribution in [3.63, 3.8) is 0 Å². The Labute approximate surface area is 122 Å². The van der Waals surface area contributed by atoms with Crippen LogP contribution in [0.15, 0.2) is 12.4 Å². The predicted molar refractivity (Wildman–Crippen MR) is 73.7 cm³/mol. The van der Waals surface area contributed by atoms with Gasteiger partial charge in [-0.15, -0.1) is 0 Å². The second-order valence-corrected chi connectivity index (χ2v) is 5.33. The summed E-state index contributed by atoms with van der Waals surface area (Å²) in [6.45, 7) is 4.64. The molecule has 116 valence electrons. The Hall–Kier alpha value is -2.09. The molecule has 3 atom stereocenters. The van der Waals surface area contributed by atoms with Crippen molar-refractivity contribution in [1.82, 2.24) is 20.0 Å². The molecule has 1 saturated heterocycles. The molecule has 2 rings (SSSR count). The zero-order chi connectivity index (χ0) is 15.6. The Balaban J connectivity index is 2.06. The first kappa shape index (κ1) is 15.3. The second kappa shape index (κ2) is 6.13. The Bertz CT molecular complexity index is 520. The van der Waals surface area contributed by atoms with Crippen LogP contribution in [-0.4, -0.2) is 57.1 Å². The molecular formula is C13H20N4O4. The molecule has 1 aromatic rings. The van der Waals surface area contributed by atoms with Crippen LogP contribution in [0.25, 0.3) is 0 Å². The highest BCUT2D eigenvalue weighted by atomic mass is 16.5. The molecule has 1 aliphatic rings.